The van der Waals surface area contributed by atoms with Crippen LogP contribution in [0.2, 0.25) is 0 Å². The van der Waals surface area contributed by atoms with Crippen LogP contribution in [0.1, 0.15) is 36.7 Å². The highest BCUT2D eigenvalue weighted by Gasteiger charge is 2.20. The number of phenols is 1. The number of pyridine rings is 1. The number of likely N-dealkylation sites (N-methyl/N-ethyl adjacent to an activating group) is 1. The molecule has 1 heterocycles. The Morgan fingerprint density at radius 2 is 2.09 bits per heavy atom. The van der Waals surface area contributed by atoms with E-state index in [1.54, 1.807) is 24.4 Å². The molecule has 0 radical (unpaired) electrons. The van der Waals surface area contributed by atoms with Crippen molar-refractivity contribution in [3.8, 4) is 5.75 Å². The summed E-state index contributed by atoms with van der Waals surface area (Å²) in [6, 6.07) is 10.8. The summed E-state index contributed by atoms with van der Waals surface area (Å²) in [5.41, 5.74) is 2.78. The van der Waals surface area contributed by atoms with Crippen molar-refractivity contribution in [3.63, 3.8) is 0 Å². The predicted octanol–water partition coefficient (Wildman–Crippen LogP) is 3.25. The van der Waals surface area contributed by atoms with E-state index in [9.17, 15) is 9.90 Å². The second-order valence-electron chi connectivity index (χ2n) is 5.44. The lowest BCUT2D eigenvalue weighted by Crippen LogP contribution is -2.34. The first-order valence-electron chi connectivity index (χ1n) is 7.51. The van der Waals surface area contributed by atoms with Gasteiger partial charge in [0.15, 0.2) is 0 Å². The Kier molecular flexibility index (Phi) is 5.15. The van der Waals surface area contributed by atoms with E-state index in [1.807, 2.05) is 43.9 Å². The monoisotopic (exact) mass is 298 g/mol. The largest absolute Gasteiger partial charge is 0.508 e. The summed E-state index contributed by atoms with van der Waals surface area (Å²) in [7, 11) is 0. The molecule has 1 atom stereocenters. The van der Waals surface area contributed by atoms with Gasteiger partial charge in [-0.25, -0.2) is 0 Å². The Labute approximate surface area is 131 Å². The summed E-state index contributed by atoms with van der Waals surface area (Å²) in [6.07, 6.45) is 2.09. The Balaban J connectivity index is 2.12. The molecule has 116 valence electrons. The van der Waals surface area contributed by atoms with Crippen molar-refractivity contribution in [2.24, 2.45) is 0 Å². The van der Waals surface area contributed by atoms with Gasteiger partial charge < -0.3 is 10.0 Å². The average molecular weight is 298 g/mol. The highest BCUT2D eigenvalue weighted by Crippen LogP contribution is 2.24. The summed E-state index contributed by atoms with van der Waals surface area (Å²) in [4.78, 5) is 18.6. The minimum Gasteiger partial charge on any atom is -0.508 e. The summed E-state index contributed by atoms with van der Waals surface area (Å²) in [5.74, 6) is 0.277. The molecule has 0 saturated carbocycles. The van der Waals surface area contributed by atoms with Crippen LogP contribution < -0.4 is 0 Å². The Hall–Kier alpha value is -2.36. The molecule has 1 aromatic carbocycles. The number of carbonyl (C=O) groups excluding carboxylic acids is 1. The zero-order valence-corrected chi connectivity index (χ0v) is 13.3. The van der Waals surface area contributed by atoms with Gasteiger partial charge in [0, 0.05) is 18.4 Å². The summed E-state index contributed by atoms with van der Waals surface area (Å²) < 4.78 is 0. The summed E-state index contributed by atoms with van der Waals surface area (Å²) in [5, 5.41) is 9.60. The first kappa shape index (κ1) is 16.0. The third kappa shape index (κ3) is 3.85. The molecule has 0 aliphatic heterocycles. The van der Waals surface area contributed by atoms with Gasteiger partial charge in [-0.3, -0.25) is 9.78 Å². The van der Waals surface area contributed by atoms with Crippen LogP contribution in [0, 0.1) is 6.92 Å². The lowest BCUT2D eigenvalue weighted by molar-refractivity contribution is -0.132. The van der Waals surface area contributed by atoms with Gasteiger partial charge in [0.2, 0.25) is 5.91 Å². The molecule has 0 spiro atoms. The number of phenolic OH excluding ortho intramolecular Hbond substituents is 1. The van der Waals surface area contributed by atoms with E-state index in [4.69, 9.17) is 0 Å². The first-order chi connectivity index (χ1) is 10.5. The van der Waals surface area contributed by atoms with Gasteiger partial charge in [0.1, 0.15) is 5.75 Å². The van der Waals surface area contributed by atoms with Gasteiger partial charge in [-0.05, 0) is 50.1 Å². The molecule has 22 heavy (non-hydrogen) atoms. The highest BCUT2D eigenvalue weighted by atomic mass is 16.3. The Bertz CT molecular complexity index is 638. The second-order valence-corrected chi connectivity index (χ2v) is 5.44. The van der Waals surface area contributed by atoms with E-state index < -0.39 is 0 Å². The third-order valence-electron chi connectivity index (χ3n) is 3.81. The number of aromatic hydroxyl groups is 1. The predicted molar refractivity (Wildman–Crippen MR) is 86.6 cm³/mol. The SMILES string of the molecule is CCN(C(=O)Cc1ccc(C)nc1)C(C)c1cccc(O)c1. The van der Waals surface area contributed by atoms with E-state index in [2.05, 4.69) is 4.98 Å². The van der Waals surface area contributed by atoms with Crippen LogP contribution in [0.25, 0.3) is 0 Å². The van der Waals surface area contributed by atoms with Crippen LogP contribution in [0.15, 0.2) is 42.6 Å². The van der Waals surface area contributed by atoms with E-state index in [0.29, 0.717) is 13.0 Å². The second kappa shape index (κ2) is 7.07. The number of hydrogen-bond acceptors (Lipinski definition) is 3. The number of aryl methyl sites for hydroxylation is 1. The normalized spacial score (nSPS) is 12.0. The maximum absolute atomic E-state index is 12.6. The smallest absolute Gasteiger partial charge is 0.227 e. The maximum atomic E-state index is 12.6. The fraction of sp³-hybridized carbons (Fsp3) is 0.333. The number of amides is 1. The molecule has 1 aromatic heterocycles. The molecule has 0 aliphatic carbocycles. The van der Waals surface area contributed by atoms with Crippen molar-refractivity contribution in [3.05, 3.63) is 59.4 Å². The van der Waals surface area contributed by atoms with Crippen LogP contribution in [0.3, 0.4) is 0 Å². The number of aromatic nitrogens is 1. The van der Waals surface area contributed by atoms with Gasteiger partial charge in [-0.1, -0.05) is 18.2 Å². The fourth-order valence-corrected chi connectivity index (χ4v) is 2.51. The third-order valence-corrected chi connectivity index (χ3v) is 3.81. The molecule has 1 N–H and O–H groups in total. The van der Waals surface area contributed by atoms with Crippen LogP contribution in [-0.4, -0.2) is 27.4 Å². The first-order valence-corrected chi connectivity index (χ1v) is 7.51. The number of hydrogen-bond donors (Lipinski definition) is 1. The minimum absolute atomic E-state index is 0.0593. The quantitative estimate of drug-likeness (QED) is 0.922. The lowest BCUT2D eigenvalue weighted by Gasteiger charge is -2.28. The molecule has 1 unspecified atom stereocenters. The van der Waals surface area contributed by atoms with Crippen molar-refractivity contribution >= 4 is 5.91 Å². The van der Waals surface area contributed by atoms with Gasteiger partial charge >= 0.3 is 0 Å². The van der Waals surface area contributed by atoms with Crippen LogP contribution in [-0.2, 0) is 11.2 Å². The van der Waals surface area contributed by atoms with Gasteiger partial charge in [-0.15, -0.1) is 0 Å². The molecule has 4 heteroatoms. The van der Waals surface area contributed by atoms with Crippen molar-refractivity contribution < 1.29 is 9.90 Å². The van der Waals surface area contributed by atoms with E-state index >= 15 is 0 Å². The zero-order valence-electron chi connectivity index (χ0n) is 13.3. The molecule has 2 aromatic rings. The molecular formula is C18H22N2O2. The molecule has 0 aliphatic rings. The highest BCUT2D eigenvalue weighted by molar-refractivity contribution is 5.79. The average Bonchev–Trinajstić information content (AvgIpc) is 2.50. The zero-order chi connectivity index (χ0) is 16.1. The van der Waals surface area contributed by atoms with Crippen LogP contribution in [0.5, 0.6) is 5.75 Å². The van der Waals surface area contributed by atoms with E-state index in [1.165, 1.54) is 0 Å². The number of carbonyl (C=O) groups is 1. The van der Waals surface area contributed by atoms with Gasteiger partial charge in [-0.2, -0.15) is 0 Å². The minimum atomic E-state index is -0.0805. The van der Waals surface area contributed by atoms with Crippen molar-refractivity contribution in [1.29, 1.82) is 0 Å². The molecule has 0 fully saturated rings. The molecule has 0 bridgehead atoms. The van der Waals surface area contributed by atoms with Crippen molar-refractivity contribution in [1.82, 2.24) is 9.88 Å². The summed E-state index contributed by atoms with van der Waals surface area (Å²) >= 11 is 0. The van der Waals surface area contributed by atoms with E-state index in [0.717, 1.165) is 16.8 Å². The van der Waals surface area contributed by atoms with Gasteiger partial charge in [0.25, 0.3) is 0 Å². The van der Waals surface area contributed by atoms with Crippen molar-refractivity contribution in [2.45, 2.75) is 33.2 Å². The van der Waals surface area contributed by atoms with Crippen molar-refractivity contribution in [2.75, 3.05) is 6.54 Å². The molecular weight excluding hydrogens is 276 g/mol. The lowest BCUT2D eigenvalue weighted by atomic mass is 10.1. The molecule has 1 amide bonds. The Morgan fingerprint density at radius 1 is 1.32 bits per heavy atom. The fourth-order valence-electron chi connectivity index (χ4n) is 2.51. The number of rotatable bonds is 5. The molecule has 2 rings (SSSR count). The van der Waals surface area contributed by atoms with Crippen LogP contribution in [0.4, 0.5) is 0 Å². The maximum Gasteiger partial charge on any atom is 0.227 e. The topological polar surface area (TPSA) is 53.4 Å². The number of benzene rings is 1. The standard InChI is InChI=1S/C18H22N2O2/c1-4-20(14(3)16-6-5-7-17(21)11-16)18(22)10-15-9-8-13(2)19-12-15/h5-9,11-12,14,21H,4,10H2,1-3H3. The molecule has 0 saturated heterocycles. The summed E-state index contributed by atoms with van der Waals surface area (Å²) in [6.45, 7) is 6.48. The Morgan fingerprint density at radius 3 is 2.68 bits per heavy atom. The van der Waals surface area contributed by atoms with Gasteiger partial charge in [0.05, 0.1) is 12.5 Å². The molecule has 4 nitrogen and oxygen atoms in total. The van der Waals surface area contributed by atoms with E-state index in [-0.39, 0.29) is 17.7 Å². The van der Waals surface area contributed by atoms with Crippen LogP contribution >= 0.6 is 0 Å². The number of nitrogens with zero attached hydrogens (tertiary/aromatic N) is 2.